The number of benzene rings is 2. The largest absolute Gasteiger partial charge is 0.462 e. The van der Waals surface area contributed by atoms with Crippen molar-refractivity contribution in [1.29, 1.82) is 5.26 Å². The number of rotatable bonds is 6. The quantitative estimate of drug-likeness (QED) is 0.640. The second-order valence-electron chi connectivity index (χ2n) is 7.22. The Bertz CT molecular complexity index is 1150. The number of hydrogen-bond acceptors (Lipinski definition) is 6. The molecule has 2 aromatic rings. The van der Waals surface area contributed by atoms with Crippen LogP contribution in [0.2, 0.25) is 5.02 Å². The molecule has 168 valence electrons. The molecule has 1 saturated heterocycles. The number of nitrogens with zero attached hydrogens (tertiary/aromatic N) is 2. The Balaban J connectivity index is 1.60. The predicted molar refractivity (Wildman–Crippen MR) is 119 cm³/mol. The maximum Gasteiger partial charge on any atom is 0.338 e. The standard InChI is InChI=1S/C22H22ClN3O5S/c1-2-31-22(28)16-4-7-19(8-5-16)32(29,30)26-11-9-15(10-12-26)21(27)25-18-6-3-17(14-24)20(23)13-18/h3-8,13,15H,2,9-12H2,1H3,(H,25,27). The van der Waals surface area contributed by atoms with Crippen molar-refractivity contribution in [1.82, 2.24) is 4.31 Å². The minimum absolute atomic E-state index is 0.0840. The molecule has 1 N–H and O–H groups in total. The lowest BCUT2D eigenvalue weighted by molar-refractivity contribution is -0.120. The molecule has 0 aliphatic carbocycles. The first-order chi connectivity index (χ1) is 15.3. The molecule has 3 rings (SSSR count). The van der Waals surface area contributed by atoms with Crippen LogP contribution < -0.4 is 5.32 Å². The summed E-state index contributed by atoms with van der Waals surface area (Å²) in [6, 6.07) is 12.2. The van der Waals surface area contributed by atoms with Crippen molar-refractivity contribution in [3.05, 3.63) is 58.6 Å². The van der Waals surface area contributed by atoms with Gasteiger partial charge in [-0.2, -0.15) is 9.57 Å². The molecule has 1 aliphatic rings. The smallest absolute Gasteiger partial charge is 0.338 e. The van der Waals surface area contributed by atoms with Crippen molar-refractivity contribution in [3.8, 4) is 6.07 Å². The van der Waals surface area contributed by atoms with Gasteiger partial charge in [-0.3, -0.25) is 4.79 Å². The first kappa shape index (κ1) is 23.7. The highest BCUT2D eigenvalue weighted by molar-refractivity contribution is 7.89. The number of carbonyl (C=O) groups is 2. The summed E-state index contributed by atoms with van der Waals surface area (Å²) in [5, 5.41) is 12.0. The highest BCUT2D eigenvalue weighted by atomic mass is 35.5. The maximum absolute atomic E-state index is 12.9. The number of piperidine rings is 1. The van der Waals surface area contributed by atoms with Crippen LogP contribution in [0.1, 0.15) is 35.7 Å². The minimum atomic E-state index is -3.74. The molecular formula is C22H22ClN3O5S. The molecule has 1 heterocycles. The summed E-state index contributed by atoms with van der Waals surface area (Å²) in [7, 11) is -3.74. The molecule has 0 bridgehead atoms. The number of amides is 1. The fourth-order valence-corrected chi connectivity index (χ4v) is 5.11. The van der Waals surface area contributed by atoms with Crippen LogP contribution in [0.5, 0.6) is 0 Å². The molecule has 0 atom stereocenters. The van der Waals surface area contributed by atoms with E-state index in [0.29, 0.717) is 24.1 Å². The number of ether oxygens (including phenoxy) is 1. The van der Waals surface area contributed by atoms with E-state index in [-0.39, 0.29) is 47.0 Å². The fraction of sp³-hybridized carbons (Fsp3) is 0.318. The van der Waals surface area contributed by atoms with E-state index < -0.39 is 16.0 Å². The summed E-state index contributed by atoms with van der Waals surface area (Å²) in [6.45, 7) is 2.34. The highest BCUT2D eigenvalue weighted by Gasteiger charge is 2.32. The Morgan fingerprint density at radius 2 is 1.84 bits per heavy atom. The predicted octanol–water partition coefficient (Wildman–Crippen LogP) is 3.43. The Morgan fingerprint density at radius 1 is 1.19 bits per heavy atom. The number of hydrogen-bond donors (Lipinski definition) is 1. The summed E-state index contributed by atoms with van der Waals surface area (Å²) in [6.07, 6.45) is 0.742. The Kier molecular flexibility index (Phi) is 7.51. The molecule has 0 aromatic heterocycles. The van der Waals surface area contributed by atoms with Gasteiger partial charge in [-0.15, -0.1) is 0 Å². The molecule has 32 heavy (non-hydrogen) atoms. The van der Waals surface area contributed by atoms with E-state index >= 15 is 0 Å². The van der Waals surface area contributed by atoms with Gasteiger partial charge in [0.1, 0.15) is 6.07 Å². The van der Waals surface area contributed by atoms with Gasteiger partial charge in [-0.25, -0.2) is 13.2 Å². The lowest BCUT2D eigenvalue weighted by Gasteiger charge is -2.30. The van der Waals surface area contributed by atoms with Gasteiger partial charge in [-0.1, -0.05) is 11.6 Å². The lowest BCUT2D eigenvalue weighted by atomic mass is 9.97. The molecule has 8 nitrogen and oxygen atoms in total. The van der Waals surface area contributed by atoms with Crippen LogP contribution in [-0.2, 0) is 19.6 Å². The van der Waals surface area contributed by atoms with Gasteiger partial charge in [0.25, 0.3) is 0 Å². The second kappa shape index (κ2) is 10.1. The average Bonchev–Trinajstić information content (AvgIpc) is 2.79. The number of anilines is 1. The zero-order valence-corrected chi connectivity index (χ0v) is 18.9. The van der Waals surface area contributed by atoms with Crippen LogP contribution in [0.15, 0.2) is 47.4 Å². The molecule has 0 spiro atoms. The topological polar surface area (TPSA) is 117 Å². The van der Waals surface area contributed by atoms with E-state index in [1.165, 1.54) is 40.7 Å². The summed E-state index contributed by atoms with van der Waals surface area (Å²) < 4.78 is 32.1. The Morgan fingerprint density at radius 3 is 2.41 bits per heavy atom. The van der Waals surface area contributed by atoms with E-state index in [4.69, 9.17) is 21.6 Å². The number of nitriles is 1. The zero-order valence-electron chi connectivity index (χ0n) is 17.4. The molecule has 1 aliphatic heterocycles. The first-order valence-electron chi connectivity index (χ1n) is 10.0. The zero-order chi connectivity index (χ0) is 23.3. The number of halogens is 1. The van der Waals surface area contributed by atoms with Crippen molar-refractivity contribution >= 4 is 39.2 Å². The first-order valence-corrected chi connectivity index (χ1v) is 11.9. The third-order valence-corrected chi connectivity index (χ3v) is 7.41. The lowest BCUT2D eigenvalue weighted by Crippen LogP contribution is -2.41. The SMILES string of the molecule is CCOC(=O)c1ccc(S(=O)(=O)N2CCC(C(=O)Nc3ccc(C#N)c(Cl)c3)CC2)cc1. The summed E-state index contributed by atoms with van der Waals surface area (Å²) in [5.41, 5.74) is 1.08. The van der Waals surface area contributed by atoms with Crippen molar-refractivity contribution in [2.24, 2.45) is 5.92 Å². The van der Waals surface area contributed by atoms with Crippen LogP contribution in [0, 0.1) is 17.2 Å². The normalized spacial score (nSPS) is 15.0. The van der Waals surface area contributed by atoms with E-state index in [1.807, 2.05) is 6.07 Å². The molecule has 1 fully saturated rings. The van der Waals surface area contributed by atoms with Gasteiger partial charge in [0.15, 0.2) is 0 Å². The summed E-state index contributed by atoms with van der Waals surface area (Å²) >= 11 is 6.00. The van der Waals surface area contributed by atoms with Gasteiger partial charge in [0.05, 0.1) is 27.7 Å². The number of sulfonamides is 1. The summed E-state index contributed by atoms with van der Waals surface area (Å²) in [4.78, 5) is 24.4. The van der Waals surface area contributed by atoms with E-state index in [1.54, 1.807) is 13.0 Å². The molecule has 10 heteroatoms. The Labute approximate surface area is 191 Å². The third-order valence-electron chi connectivity index (χ3n) is 5.19. The molecular weight excluding hydrogens is 454 g/mol. The van der Waals surface area contributed by atoms with Gasteiger partial charge in [0, 0.05) is 24.7 Å². The van der Waals surface area contributed by atoms with Crippen LogP contribution in [0.4, 0.5) is 5.69 Å². The van der Waals surface area contributed by atoms with E-state index in [0.717, 1.165) is 0 Å². The van der Waals surface area contributed by atoms with Crippen LogP contribution >= 0.6 is 11.6 Å². The van der Waals surface area contributed by atoms with E-state index in [2.05, 4.69) is 5.32 Å². The van der Waals surface area contributed by atoms with Gasteiger partial charge in [0.2, 0.25) is 15.9 Å². The maximum atomic E-state index is 12.9. The molecule has 1 amide bonds. The monoisotopic (exact) mass is 475 g/mol. The molecule has 0 saturated carbocycles. The highest BCUT2D eigenvalue weighted by Crippen LogP contribution is 2.26. The minimum Gasteiger partial charge on any atom is -0.462 e. The van der Waals surface area contributed by atoms with Gasteiger partial charge < -0.3 is 10.1 Å². The third kappa shape index (κ3) is 5.27. The van der Waals surface area contributed by atoms with Crippen molar-refractivity contribution in [2.45, 2.75) is 24.7 Å². The fourth-order valence-electron chi connectivity index (χ4n) is 3.41. The average molecular weight is 476 g/mol. The van der Waals surface area contributed by atoms with Crippen molar-refractivity contribution in [2.75, 3.05) is 25.0 Å². The number of nitrogens with one attached hydrogen (secondary N) is 1. The van der Waals surface area contributed by atoms with Crippen LogP contribution in [-0.4, -0.2) is 44.3 Å². The molecule has 0 unspecified atom stereocenters. The van der Waals surface area contributed by atoms with Crippen molar-refractivity contribution in [3.63, 3.8) is 0 Å². The molecule has 2 aromatic carbocycles. The number of carbonyl (C=O) groups excluding carboxylic acids is 2. The summed E-state index contributed by atoms with van der Waals surface area (Å²) in [5.74, 6) is -1.07. The van der Waals surface area contributed by atoms with Gasteiger partial charge >= 0.3 is 5.97 Å². The Hall–Kier alpha value is -2.93. The van der Waals surface area contributed by atoms with Crippen molar-refractivity contribution < 1.29 is 22.7 Å². The van der Waals surface area contributed by atoms with Gasteiger partial charge in [-0.05, 0) is 62.2 Å². The number of esters is 1. The van der Waals surface area contributed by atoms with Crippen LogP contribution in [0.25, 0.3) is 0 Å². The molecule has 0 radical (unpaired) electrons. The van der Waals surface area contributed by atoms with Crippen LogP contribution in [0.3, 0.4) is 0 Å². The second-order valence-corrected chi connectivity index (χ2v) is 9.56. The van der Waals surface area contributed by atoms with E-state index in [9.17, 15) is 18.0 Å².